The van der Waals surface area contributed by atoms with Gasteiger partial charge in [0, 0.05) is 47.4 Å². The Morgan fingerprint density at radius 3 is 1.40 bits per heavy atom. The molecule has 0 bridgehead atoms. The number of aromatic nitrogens is 9. The molecule has 1 saturated carbocycles. The lowest BCUT2D eigenvalue weighted by atomic mass is 10.1. The van der Waals surface area contributed by atoms with Crippen molar-refractivity contribution in [2.45, 2.75) is 91.5 Å². The number of rotatable bonds is 21. The van der Waals surface area contributed by atoms with Gasteiger partial charge in [-0.05, 0) is 196 Å². The SMILES string of the molecule is CC(C)OC(=O)NC(=O)c1ccsc1NC(=O)c1cc2ccccn2n1.CC(C)OC(=O)NC(=O)c1ccsc1NC(=O)c1ccc2[nH]ncc2c1.CC(F)(F)CNC(=O)NC(=O)c1ccsc1NC(=O)c1nc2ccccc2s1.CCOC(=O)NC(=O)c1ccsc1NC(=O)c1ccc2[nH]ncc2c1.O=C(NC(=O)c1ccsc1NC(=O)c1cn2ccccc2n1)OC1CCCC1. The summed E-state index contributed by atoms with van der Waals surface area (Å²) in [6.07, 6.45) is 7.96. The van der Waals surface area contributed by atoms with Gasteiger partial charge in [0.15, 0.2) is 10.7 Å². The van der Waals surface area contributed by atoms with Crippen LogP contribution in [0.1, 0.15) is 171 Å². The molecule has 686 valence electrons. The Balaban J connectivity index is 0.000000150. The van der Waals surface area contributed by atoms with Gasteiger partial charge in [-0.3, -0.25) is 84.7 Å². The number of nitrogens with zero attached hydrogens (tertiary/aromatic N) is 7. The van der Waals surface area contributed by atoms with Crippen molar-refractivity contribution in [1.29, 1.82) is 0 Å². The molecule has 15 aromatic rings. The van der Waals surface area contributed by atoms with Crippen molar-refractivity contribution < 1.29 is 99.6 Å². The molecule has 0 spiro atoms. The van der Waals surface area contributed by atoms with Crippen molar-refractivity contribution in [1.82, 2.24) is 76.3 Å². The molecule has 16 amide bonds. The summed E-state index contributed by atoms with van der Waals surface area (Å²) in [6, 6.07) is 36.5. The lowest BCUT2D eigenvalue weighted by Gasteiger charge is -2.11. The summed E-state index contributed by atoms with van der Waals surface area (Å²) < 4.78 is 49.3. The fourth-order valence-corrected chi connectivity index (χ4v) is 16.7. The molecule has 12 aromatic heterocycles. The molecule has 0 unspecified atom stereocenters. The maximum absolute atomic E-state index is 12.8. The number of benzene rings is 3. The Kier molecular flexibility index (Phi) is 32.6. The number of thiophene rings is 5. The Hall–Kier alpha value is -15.7. The number of halogens is 2. The van der Waals surface area contributed by atoms with E-state index in [1.807, 2.05) is 53.1 Å². The van der Waals surface area contributed by atoms with E-state index in [0.717, 1.165) is 69.0 Å². The normalized spacial score (nSPS) is 11.5. The number of aromatic amines is 2. The molecule has 0 saturated heterocycles. The second-order valence-electron chi connectivity index (χ2n) is 28.6. The summed E-state index contributed by atoms with van der Waals surface area (Å²) in [7, 11) is 0. The number of imide groups is 5. The van der Waals surface area contributed by atoms with Gasteiger partial charge < -0.3 is 55.2 Å². The van der Waals surface area contributed by atoms with Gasteiger partial charge in [-0.25, -0.2) is 47.2 Å². The number of hydrogen-bond acceptors (Lipinski definition) is 30. The standard InChI is InChI=1S/C19H18N4O4S.C17H14F2N4O3S2.2C17H16N4O4S.C16H14N4O4S/c24-16(22-19(26)27-12-5-1-2-6-12)13-8-10-28-18(13)21-17(25)14-11-23-9-4-3-7-15(23)20-14;1-17(18,19)8-20-16(26)23-12(24)9-6-7-27-14(9)22-13(25)15-21-10-4-2-3-5-11(10)28-15;1-9(2)25-17(24)20-15(23)12-5-6-26-16(12)19-14(22)10-3-4-13-11(7-10)8-18-21-13;1-10(2)25-17(24)19-14(22)12-6-8-26-16(12)18-15(23)13-9-11-5-3-4-7-21(11)20-13;1-2-24-16(23)19-14(22)11-5-6-25-15(11)18-13(21)9-3-4-12-10(7-9)8-17-20-12/h3-4,7-12H,1-2,5-6H2,(H,21,25)(H,22,24,26);2-7H,8H2,1H3,(H,22,25)(H2,20,23,24,26);3-9H,1-2H3,(H,18,21)(H,19,22)(H,20,23,24);3-10H,1-2H3,(H,18,23)(H,19,22,24);3-8H,2H2,1H3,(H,17,20)(H,18,21)(H,19,22,23). The van der Waals surface area contributed by atoms with Crippen molar-refractivity contribution in [3.63, 3.8) is 0 Å². The minimum absolute atomic E-state index is 0.0397. The molecule has 39 nitrogen and oxygen atoms in total. The number of carbonyl (C=O) groups is 15. The lowest BCUT2D eigenvalue weighted by molar-refractivity contribution is 0.0251. The molecule has 0 atom stereocenters. The van der Waals surface area contributed by atoms with E-state index in [4.69, 9.17) is 14.2 Å². The molecule has 1 aliphatic carbocycles. The molecule has 133 heavy (non-hydrogen) atoms. The Morgan fingerprint density at radius 1 is 0.481 bits per heavy atom. The third-order valence-electron chi connectivity index (χ3n) is 18.0. The highest BCUT2D eigenvalue weighted by Crippen LogP contribution is 2.32. The van der Waals surface area contributed by atoms with E-state index < -0.39 is 90.1 Å². The van der Waals surface area contributed by atoms with Crippen molar-refractivity contribution in [3.05, 3.63) is 247 Å². The van der Waals surface area contributed by atoms with E-state index >= 15 is 0 Å². The average Bonchev–Trinajstić information content (AvgIpc) is 1.68. The maximum atomic E-state index is 12.8. The third-order valence-corrected chi connectivity index (χ3v) is 23.1. The summed E-state index contributed by atoms with van der Waals surface area (Å²) in [6.45, 7) is 8.24. The number of nitrogens with one attached hydrogen (secondary N) is 13. The van der Waals surface area contributed by atoms with Gasteiger partial charge in [0.25, 0.3) is 65.0 Å². The molecule has 1 fully saturated rings. The highest BCUT2D eigenvalue weighted by molar-refractivity contribution is 7.20. The zero-order valence-corrected chi connectivity index (χ0v) is 75.4. The van der Waals surface area contributed by atoms with E-state index in [-0.39, 0.29) is 85.9 Å². The number of thiazole rings is 1. The number of pyridine rings is 2. The number of H-pyrrole nitrogens is 2. The Bertz CT molecular complexity index is 6660. The van der Waals surface area contributed by atoms with Gasteiger partial charge in [-0.1, -0.05) is 24.3 Å². The van der Waals surface area contributed by atoms with Crippen LogP contribution in [0.25, 0.3) is 43.2 Å². The number of urea groups is 1. The number of fused-ring (bicyclic) bond motifs is 5. The molecule has 13 N–H and O–H groups in total. The van der Waals surface area contributed by atoms with Crippen molar-refractivity contribution in [2.75, 3.05) is 39.7 Å². The number of hydrogen-bond donors (Lipinski definition) is 13. The van der Waals surface area contributed by atoms with Crippen LogP contribution in [0.5, 0.6) is 0 Å². The first-order valence-electron chi connectivity index (χ1n) is 39.8. The highest BCUT2D eigenvalue weighted by Gasteiger charge is 2.29. The van der Waals surface area contributed by atoms with E-state index in [2.05, 4.69) is 88.0 Å². The summed E-state index contributed by atoms with van der Waals surface area (Å²) >= 11 is 7.02. The van der Waals surface area contributed by atoms with E-state index in [9.17, 15) is 80.7 Å². The molecular weight excluding hydrogens is 1850 g/mol. The number of alkyl halides is 2. The van der Waals surface area contributed by atoms with Gasteiger partial charge in [0.2, 0.25) is 0 Å². The van der Waals surface area contributed by atoms with Gasteiger partial charge in [0.05, 0.1) is 92.3 Å². The minimum atomic E-state index is -3.10. The van der Waals surface area contributed by atoms with Gasteiger partial charge in [-0.2, -0.15) is 15.3 Å². The zero-order valence-electron chi connectivity index (χ0n) is 70.5. The number of carbonyl (C=O) groups excluding carboxylic acids is 15. The molecule has 47 heteroatoms. The molecule has 16 rings (SSSR count). The van der Waals surface area contributed by atoms with Crippen LogP contribution in [0, 0.1) is 0 Å². The molecule has 12 heterocycles. The van der Waals surface area contributed by atoms with Gasteiger partial charge in [0.1, 0.15) is 42.5 Å². The predicted molar refractivity (Wildman–Crippen MR) is 494 cm³/mol. The van der Waals surface area contributed by atoms with E-state index in [1.54, 1.807) is 168 Å². The van der Waals surface area contributed by atoms with Crippen LogP contribution in [0.15, 0.2) is 191 Å². The van der Waals surface area contributed by atoms with Crippen molar-refractivity contribution in [3.8, 4) is 0 Å². The van der Waals surface area contributed by atoms with Crippen LogP contribution >= 0.6 is 68.0 Å². The minimum Gasteiger partial charge on any atom is -0.450 e. The van der Waals surface area contributed by atoms with Crippen LogP contribution in [-0.4, -0.2) is 171 Å². The maximum Gasteiger partial charge on any atom is 0.414 e. The zero-order chi connectivity index (χ0) is 95.0. The summed E-state index contributed by atoms with van der Waals surface area (Å²) in [4.78, 5) is 190. The largest absolute Gasteiger partial charge is 0.450 e. The second kappa shape index (κ2) is 45.0. The fraction of sp³-hybridized carbons (Fsp3) is 0.186. The molecule has 3 aromatic carbocycles. The first kappa shape index (κ1) is 96.4. The van der Waals surface area contributed by atoms with Gasteiger partial charge >= 0.3 is 30.4 Å². The fourth-order valence-electron chi connectivity index (χ4n) is 11.9. The van der Waals surface area contributed by atoms with Crippen LogP contribution < -0.4 is 58.5 Å². The smallest absolute Gasteiger partial charge is 0.414 e. The molecule has 1 aliphatic rings. The number of alkyl carbamates (subject to hydrolysis) is 4. The topological polar surface area (TPSA) is 530 Å². The van der Waals surface area contributed by atoms with E-state index in [1.165, 1.54) is 80.9 Å². The monoisotopic (exact) mass is 1920 g/mol. The Morgan fingerprint density at radius 2 is 0.925 bits per heavy atom. The quantitative estimate of drug-likeness (QED) is 0.0297. The lowest BCUT2D eigenvalue weighted by Crippen LogP contribution is -2.43. The van der Waals surface area contributed by atoms with Gasteiger partial charge in [-0.15, -0.1) is 68.0 Å². The number of anilines is 5. The molecular formula is C86H78F2N20O19S6. The first-order valence-corrected chi connectivity index (χ1v) is 45.1. The number of amides is 16. The first-order chi connectivity index (χ1) is 63.8. The number of imidazole rings is 1. The van der Waals surface area contributed by atoms with E-state index in [0.29, 0.717) is 49.2 Å². The van der Waals surface area contributed by atoms with Crippen LogP contribution in [0.3, 0.4) is 0 Å². The number of para-hydroxylation sites is 1. The van der Waals surface area contributed by atoms with Crippen molar-refractivity contribution in [2.24, 2.45) is 0 Å². The molecule has 0 radical (unpaired) electrons. The average molecular weight is 1930 g/mol. The predicted octanol–water partition coefficient (Wildman–Crippen LogP) is 16.0. The van der Waals surface area contributed by atoms with Crippen LogP contribution in [0.4, 0.5) is 57.8 Å². The summed E-state index contributed by atoms with van der Waals surface area (Å²) in [5, 5.41) is 54.9. The van der Waals surface area contributed by atoms with Crippen molar-refractivity contribution >= 4 is 226 Å². The summed E-state index contributed by atoms with van der Waals surface area (Å²) in [5.74, 6) is -8.58. The second-order valence-corrected chi connectivity index (χ2v) is 34.2. The highest BCUT2D eigenvalue weighted by atomic mass is 32.1. The number of ether oxygens (including phenoxy) is 4. The van der Waals surface area contributed by atoms with Crippen LogP contribution in [-0.2, 0) is 18.9 Å². The Labute approximate surface area is 774 Å². The van der Waals surface area contributed by atoms with Crippen LogP contribution in [0.2, 0.25) is 0 Å². The summed E-state index contributed by atoms with van der Waals surface area (Å²) in [5.41, 5.74) is 5.85. The third kappa shape index (κ3) is 27.0. The molecule has 0 aliphatic heterocycles.